The highest BCUT2D eigenvalue weighted by Crippen LogP contribution is 2.18. The fraction of sp³-hybridized carbons (Fsp3) is 0.235. The Morgan fingerprint density at radius 1 is 1.24 bits per heavy atom. The number of imidazole rings is 1. The zero-order chi connectivity index (χ0) is 17.8. The number of nitrogens with two attached hydrogens (primary N) is 1. The number of phenols is 1. The molecule has 0 spiro atoms. The SMILES string of the molecule is C/C(=N\c1nc(N)nc(CCn2ccnc2C)n1)c1ccccc1O. The topological polar surface area (TPSA) is 115 Å². The summed E-state index contributed by atoms with van der Waals surface area (Å²) in [5.74, 6) is 1.99. The zero-order valence-corrected chi connectivity index (χ0v) is 14.1. The van der Waals surface area contributed by atoms with Crippen molar-refractivity contribution in [2.75, 3.05) is 5.73 Å². The van der Waals surface area contributed by atoms with Gasteiger partial charge >= 0.3 is 0 Å². The van der Waals surface area contributed by atoms with Crippen LogP contribution in [0.4, 0.5) is 11.9 Å². The molecule has 3 rings (SSSR count). The van der Waals surface area contributed by atoms with Crippen molar-refractivity contribution in [3.8, 4) is 5.75 Å². The molecule has 0 aliphatic rings. The van der Waals surface area contributed by atoms with Crippen LogP contribution in [0.1, 0.15) is 24.1 Å². The van der Waals surface area contributed by atoms with Gasteiger partial charge in [-0.15, -0.1) is 0 Å². The maximum atomic E-state index is 9.92. The number of rotatable bonds is 5. The summed E-state index contributed by atoms with van der Waals surface area (Å²) in [5.41, 5.74) is 7.00. The number of aryl methyl sites for hydroxylation is 3. The number of aromatic nitrogens is 5. The van der Waals surface area contributed by atoms with Crippen molar-refractivity contribution in [1.82, 2.24) is 24.5 Å². The van der Waals surface area contributed by atoms with Crippen LogP contribution in [0.3, 0.4) is 0 Å². The lowest BCUT2D eigenvalue weighted by Gasteiger charge is -2.06. The van der Waals surface area contributed by atoms with Gasteiger partial charge in [0, 0.05) is 30.9 Å². The minimum atomic E-state index is 0.121. The van der Waals surface area contributed by atoms with Gasteiger partial charge in [-0.3, -0.25) is 0 Å². The van der Waals surface area contributed by atoms with Gasteiger partial charge in [0.15, 0.2) is 0 Å². The largest absolute Gasteiger partial charge is 0.507 e. The molecule has 0 bridgehead atoms. The summed E-state index contributed by atoms with van der Waals surface area (Å²) < 4.78 is 2.01. The summed E-state index contributed by atoms with van der Waals surface area (Å²) in [6.45, 7) is 4.41. The second kappa shape index (κ2) is 7.08. The predicted molar refractivity (Wildman–Crippen MR) is 94.9 cm³/mol. The molecular formula is C17H19N7O. The highest BCUT2D eigenvalue weighted by molar-refractivity contribution is 6.02. The van der Waals surface area contributed by atoms with E-state index < -0.39 is 0 Å². The van der Waals surface area contributed by atoms with E-state index in [0.717, 1.165) is 5.82 Å². The van der Waals surface area contributed by atoms with E-state index >= 15 is 0 Å². The number of nitrogen functional groups attached to an aromatic ring is 1. The van der Waals surface area contributed by atoms with Crippen LogP contribution >= 0.6 is 0 Å². The fourth-order valence-electron chi connectivity index (χ4n) is 2.44. The van der Waals surface area contributed by atoms with E-state index in [1.807, 2.05) is 23.8 Å². The van der Waals surface area contributed by atoms with Crippen molar-refractivity contribution >= 4 is 17.6 Å². The summed E-state index contributed by atoms with van der Waals surface area (Å²) in [6, 6.07) is 6.97. The molecule has 0 unspecified atom stereocenters. The summed E-state index contributed by atoms with van der Waals surface area (Å²) in [5, 5.41) is 9.92. The van der Waals surface area contributed by atoms with Gasteiger partial charge in [-0.05, 0) is 26.0 Å². The van der Waals surface area contributed by atoms with Gasteiger partial charge in [0.2, 0.25) is 5.95 Å². The second-order valence-electron chi connectivity index (χ2n) is 5.54. The van der Waals surface area contributed by atoms with Gasteiger partial charge in [0.1, 0.15) is 17.4 Å². The third-order valence-corrected chi connectivity index (χ3v) is 3.75. The molecule has 0 amide bonds. The number of para-hydroxylation sites is 1. The smallest absolute Gasteiger partial charge is 0.254 e. The van der Waals surface area contributed by atoms with Crippen molar-refractivity contribution in [3.63, 3.8) is 0 Å². The molecule has 25 heavy (non-hydrogen) atoms. The highest BCUT2D eigenvalue weighted by atomic mass is 16.3. The monoisotopic (exact) mass is 337 g/mol. The molecule has 0 aliphatic carbocycles. The zero-order valence-electron chi connectivity index (χ0n) is 14.1. The minimum absolute atomic E-state index is 0.121. The minimum Gasteiger partial charge on any atom is -0.507 e. The van der Waals surface area contributed by atoms with E-state index in [-0.39, 0.29) is 17.6 Å². The number of benzene rings is 1. The Bertz CT molecular complexity index is 917. The first-order valence-electron chi connectivity index (χ1n) is 7.85. The lowest BCUT2D eigenvalue weighted by atomic mass is 10.1. The summed E-state index contributed by atoms with van der Waals surface area (Å²) >= 11 is 0. The number of aromatic hydroxyl groups is 1. The molecule has 0 saturated carbocycles. The number of hydrogen-bond acceptors (Lipinski definition) is 7. The van der Waals surface area contributed by atoms with Crippen molar-refractivity contribution in [2.24, 2.45) is 4.99 Å². The number of nitrogens with zero attached hydrogens (tertiary/aromatic N) is 6. The molecule has 0 aliphatic heterocycles. The van der Waals surface area contributed by atoms with Crippen LogP contribution in [-0.4, -0.2) is 35.3 Å². The molecule has 2 aromatic heterocycles. The first-order chi connectivity index (χ1) is 12.0. The lowest BCUT2D eigenvalue weighted by molar-refractivity contribution is 0.474. The molecule has 0 radical (unpaired) electrons. The fourth-order valence-corrected chi connectivity index (χ4v) is 2.44. The van der Waals surface area contributed by atoms with Crippen LogP contribution in [0.25, 0.3) is 0 Å². The van der Waals surface area contributed by atoms with Gasteiger partial charge in [0.25, 0.3) is 5.95 Å². The van der Waals surface area contributed by atoms with E-state index in [1.54, 1.807) is 31.3 Å². The molecule has 0 fully saturated rings. The maximum Gasteiger partial charge on any atom is 0.254 e. The van der Waals surface area contributed by atoms with Gasteiger partial charge in [-0.1, -0.05) is 12.1 Å². The second-order valence-corrected chi connectivity index (χ2v) is 5.54. The molecule has 8 nitrogen and oxygen atoms in total. The molecule has 2 heterocycles. The molecule has 128 valence electrons. The number of anilines is 1. The number of hydrogen-bond donors (Lipinski definition) is 2. The Kier molecular flexibility index (Phi) is 4.69. The van der Waals surface area contributed by atoms with Crippen molar-refractivity contribution in [2.45, 2.75) is 26.8 Å². The van der Waals surface area contributed by atoms with Crippen LogP contribution in [0, 0.1) is 6.92 Å². The van der Waals surface area contributed by atoms with Crippen LogP contribution in [0.2, 0.25) is 0 Å². The number of aliphatic imine (C=N–C) groups is 1. The molecule has 3 aromatic rings. The molecular weight excluding hydrogens is 318 g/mol. The predicted octanol–water partition coefficient (Wildman–Crippen LogP) is 2.05. The Labute approximate surface area is 145 Å². The van der Waals surface area contributed by atoms with Crippen LogP contribution in [0.5, 0.6) is 5.75 Å². The summed E-state index contributed by atoms with van der Waals surface area (Å²) in [6.07, 6.45) is 4.24. The summed E-state index contributed by atoms with van der Waals surface area (Å²) in [4.78, 5) is 21.1. The lowest BCUT2D eigenvalue weighted by Crippen LogP contribution is -2.08. The van der Waals surface area contributed by atoms with Crippen molar-refractivity contribution < 1.29 is 5.11 Å². The molecule has 0 atom stereocenters. The standard InChI is InChI=1S/C17H19N7O/c1-11(13-5-3-4-6-14(13)25)20-17-22-15(21-16(18)23-17)7-9-24-10-8-19-12(24)2/h3-6,8,10,25H,7,9H2,1-2H3,(H2,18,21,22,23)/b20-11+. The molecule has 1 aromatic carbocycles. The highest BCUT2D eigenvalue weighted by Gasteiger charge is 2.08. The molecule has 3 N–H and O–H groups in total. The first-order valence-corrected chi connectivity index (χ1v) is 7.85. The van der Waals surface area contributed by atoms with Crippen molar-refractivity contribution in [3.05, 3.63) is 53.9 Å². The van der Waals surface area contributed by atoms with Gasteiger partial charge in [-0.2, -0.15) is 15.0 Å². The van der Waals surface area contributed by atoms with E-state index in [4.69, 9.17) is 5.73 Å². The Balaban J connectivity index is 1.83. The van der Waals surface area contributed by atoms with E-state index in [2.05, 4.69) is 24.9 Å². The van der Waals surface area contributed by atoms with Gasteiger partial charge < -0.3 is 15.4 Å². The Morgan fingerprint density at radius 2 is 2.04 bits per heavy atom. The van der Waals surface area contributed by atoms with Gasteiger partial charge in [-0.25, -0.2) is 9.98 Å². The van der Waals surface area contributed by atoms with E-state index in [0.29, 0.717) is 30.1 Å². The third-order valence-electron chi connectivity index (χ3n) is 3.75. The normalized spacial score (nSPS) is 11.7. The number of phenolic OH excluding ortho intramolecular Hbond substituents is 1. The third kappa shape index (κ3) is 3.97. The van der Waals surface area contributed by atoms with Crippen LogP contribution < -0.4 is 5.73 Å². The Hall–Kier alpha value is -3.29. The van der Waals surface area contributed by atoms with E-state index in [1.165, 1.54) is 0 Å². The Morgan fingerprint density at radius 3 is 2.76 bits per heavy atom. The average Bonchev–Trinajstić information content (AvgIpc) is 2.98. The quantitative estimate of drug-likeness (QED) is 0.689. The van der Waals surface area contributed by atoms with E-state index in [9.17, 15) is 5.11 Å². The summed E-state index contributed by atoms with van der Waals surface area (Å²) in [7, 11) is 0. The molecule has 8 heteroatoms. The maximum absolute atomic E-state index is 9.92. The average molecular weight is 337 g/mol. The first kappa shape index (κ1) is 16.6. The van der Waals surface area contributed by atoms with Gasteiger partial charge in [0.05, 0.1) is 5.71 Å². The molecule has 0 saturated heterocycles. The van der Waals surface area contributed by atoms with Crippen LogP contribution in [-0.2, 0) is 13.0 Å². The van der Waals surface area contributed by atoms with Crippen molar-refractivity contribution in [1.29, 1.82) is 0 Å². The van der Waals surface area contributed by atoms with Crippen LogP contribution in [0.15, 0.2) is 41.7 Å².